The summed E-state index contributed by atoms with van der Waals surface area (Å²) in [6.45, 7) is 5.23. The van der Waals surface area contributed by atoms with Crippen LogP contribution in [-0.2, 0) is 35.1 Å². The molecule has 0 bridgehead atoms. The summed E-state index contributed by atoms with van der Waals surface area (Å²) in [5.41, 5.74) is 0.901. The second-order valence-corrected chi connectivity index (χ2v) is 15.5. The smallest absolute Gasteiger partial charge is 0.335 e. The Labute approximate surface area is 309 Å². The number of likely N-dealkylation sites (N-methyl/N-ethyl adjacent to an activating group) is 1. The zero-order chi connectivity index (χ0) is 40.5. The molecule has 296 valence electrons. The lowest BCUT2D eigenvalue weighted by molar-refractivity contribution is -0.271. The summed E-state index contributed by atoms with van der Waals surface area (Å²) in [6.07, 6.45) is -10.6. The van der Waals surface area contributed by atoms with E-state index in [-0.39, 0.29) is 30.6 Å². The number of aliphatic hydroxyl groups excluding tert-OH is 5. The monoisotopic (exact) mass is 761 g/mol. The van der Waals surface area contributed by atoms with E-state index in [2.05, 4.69) is 10.6 Å². The number of carbonyl (C=O) groups is 5. The number of hydrogen-bond acceptors (Lipinski definition) is 16. The van der Waals surface area contributed by atoms with Crippen molar-refractivity contribution in [1.29, 1.82) is 0 Å². The average Bonchev–Trinajstić information content (AvgIpc) is 3.05. The lowest BCUT2D eigenvalue weighted by Crippen LogP contribution is -2.65. The summed E-state index contributed by atoms with van der Waals surface area (Å²) >= 11 is 0. The third-order valence-corrected chi connectivity index (χ3v) is 10.3. The number of nitrogens with one attached hydrogen (secondary N) is 2. The Balaban J connectivity index is 1.76. The van der Waals surface area contributed by atoms with Crippen LogP contribution in [0.1, 0.15) is 38.3 Å². The molecular weight excluding hydrogens is 714 g/mol. The zero-order valence-corrected chi connectivity index (χ0v) is 30.8. The molecule has 9 atom stereocenters. The molecule has 0 aromatic heterocycles. The van der Waals surface area contributed by atoms with Gasteiger partial charge in [0.05, 0.1) is 23.8 Å². The number of aliphatic hydroxyl groups is 6. The first-order valence-corrected chi connectivity index (χ1v) is 17.1. The number of aliphatic carboxylic acids is 1. The molecule has 5 rings (SSSR count). The molecule has 2 amide bonds. The van der Waals surface area contributed by atoms with Gasteiger partial charge in [0.25, 0.3) is 5.91 Å². The number of amides is 2. The molecule has 54 heavy (non-hydrogen) atoms. The van der Waals surface area contributed by atoms with Crippen LogP contribution >= 0.6 is 0 Å². The van der Waals surface area contributed by atoms with Gasteiger partial charge < -0.3 is 66.5 Å². The van der Waals surface area contributed by atoms with Crippen molar-refractivity contribution in [3.63, 3.8) is 0 Å². The minimum Gasteiger partial charge on any atom is -0.508 e. The highest BCUT2D eigenvalue weighted by molar-refractivity contribution is 6.24. The summed E-state index contributed by atoms with van der Waals surface area (Å²) < 4.78 is 11.4. The number of ether oxygens (including phenoxy) is 2. The van der Waals surface area contributed by atoms with Crippen molar-refractivity contribution in [3.8, 4) is 5.75 Å². The fourth-order valence-electron chi connectivity index (χ4n) is 7.70. The number of anilines is 2. The molecule has 1 aliphatic heterocycles. The van der Waals surface area contributed by atoms with Gasteiger partial charge in [-0.05, 0) is 65.3 Å². The number of carboxylic acids is 1. The minimum absolute atomic E-state index is 0.0641. The van der Waals surface area contributed by atoms with E-state index in [0.717, 1.165) is 0 Å². The van der Waals surface area contributed by atoms with Crippen molar-refractivity contribution in [2.24, 2.45) is 17.6 Å². The summed E-state index contributed by atoms with van der Waals surface area (Å²) in [4.78, 5) is 68.7. The third kappa shape index (κ3) is 6.69. The summed E-state index contributed by atoms with van der Waals surface area (Å²) in [7, 11) is 6.29. The fourth-order valence-corrected chi connectivity index (χ4v) is 7.70. The van der Waals surface area contributed by atoms with Crippen molar-refractivity contribution >= 4 is 46.5 Å². The number of nitrogens with zero attached hydrogens (tertiary/aromatic N) is 2. The Hall–Kier alpha value is -4.63. The largest absolute Gasteiger partial charge is 0.508 e. The molecule has 1 aromatic rings. The van der Waals surface area contributed by atoms with Gasteiger partial charge in [0.2, 0.25) is 18.0 Å². The Morgan fingerprint density at radius 1 is 1.06 bits per heavy atom. The van der Waals surface area contributed by atoms with Gasteiger partial charge in [0.15, 0.2) is 23.2 Å². The molecule has 3 aliphatic carbocycles. The average molecular weight is 762 g/mol. The molecule has 2 fully saturated rings. The number of carboxylic acid groups (broad SMARTS) is 1. The maximum absolute atomic E-state index is 14.5. The van der Waals surface area contributed by atoms with Gasteiger partial charge in [-0.1, -0.05) is 0 Å². The number of benzene rings is 1. The maximum Gasteiger partial charge on any atom is 0.335 e. The van der Waals surface area contributed by atoms with Crippen LogP contribution in [0.5, 0.6) is 5.75 Å². The third-order valence-electron chi connectivity index (χ3n) is 10.3. The lowest BCUT2D eigenvalue weighted by atomic mass is 9.57. The van der Waals surface area contributed by atoms with Gasteiger partial charge in [-0.3, -0.25) is 24.1 Å². The highest BCUT2D eigenvalue weighted by Gasteiger charge is 2.64. The van der Waals surface area contributed by atoms with Crippen LogP contribution in [-0.4, -0.2) is 153 Å². The van der Waals surface area contributed by atoms with E-state index in [1.807, 2.05) is 20.8 Å². The second kappa shape index (κ2) is 14.2. The van der Waals surface area contributed by atoms with E-state index in [1.54, 1.807) is 19.0 Å². The predicted molar refractivity (Wildman–Crippen MR) is 188 cm³/mol. The van der Waals surface area contributed by atoms with E-state index < -0.39 is 117 Å². The first kappa shape index (κ1) is 40.6. The molecule has 4 aliphatic rings. The number of fused-ring (bicyclic) bond motifs is 3. The van der Waals surface area contributed by atoms with Gasteiger partial charge in [-0.2, -0.15) is 0 Å². The quantitative estimate of drug-likeness (QED) is 0.121. The number of rotatable bonds is 9. The molecule has 1 saturated carbocycles. The first-order valence-electron chi connectivity index (χ1n) is 17.1. The number of ketones is 2. The molecule has 0 spiro atoms. The summed E-state index contributed by atoms with van der Waals surface area (Å²) in [5, 5.41) is 82.5. The predicted octanol–water partition coefficient (Wildman–Crippen LogP) is -2.08. The van der Waals surface area contributed by atoms with Crippen molar-refractivity contribution < 1.29 is 69.2 Å². The van der Waals surface area contributed by atoms with Crippen molar-refractivity contribution in [1.82, 2.24) is 10.2 Å². The van der Waals surface area contributed by atoms with Crippen LogP contribution in [0.3, 0.4) is 0 Å². The fraction of sp³-hybridized carbons (Fsp3) is 0.571. The number of carbonyl (C=O) groups excluding carboxylic acids is 4. The van der Waals surface area contributed by atoms with Gasteiger partial charge in [-0.15, -0.1) is 0 Å². The van der Waals surface area contributed by atoms with Crippen LogP contribution in [0.2, 0.25) is 0 Å². The van der Waals surface area contributed by atoms with E-state index in [0.29, 0.717) is 11.3 Å². The Morgan fingerprint density at radius 3 is 2.22 bits per heavy atom. The summed E-state index contributed by atoms with van der Waals surface area (Å²) in [5.74, 6) is -10.6. The highest BCUT2D eigenvalue weighted by Crippen LogP contribution is 2.55. The Kier molecular flexibility index (Phi) is 10.7. The van der Waals surface area contributed by atoms with E-state index in [1.165, 1.54) is 25.1 Å². The minimum atomic E-state index is -2.90. The van der Waals surface area contributed by atoms with Gasteiger partial charge in [0.1, 0.15) is 35.4 Å². The van der Waals surface area contributed by atoms with Gasteiger partial charge >= 0.3 is 5.97 Å². The molecule has 1 aromatic carbocycles. The number of Topliss-reactive ketones (excluding diaryl/α,β-unsaturated/α-hetero) is 2. The van der Waals surface area contributed by atoms with Crippen LogP contribution < -0.4 is 26.0 Å². The molecule has 5 unspecified atom stereocenters. The second-order valence-electron chi connectivity index (χ2n) is 15.5. The van der Waals surface area contributed by atoms with Crippen LogP contribution in [0.15, 0.2) is 23.0 Å². The SMILES string of the molecule is CN(C)c1cc(NC(=O)CNC(C)(C)C)c(OC2OC(C(=O)O)C(O)C(O)C2O)c2c1C[C@H]1C[C@H]3[C@H](N(C)C)C(=O)C(C(N)=O)=C(O)[C@@]3(O)C(=O)C1=C2O. The maximum atomic E-state index is 14.5. The van der Waals surface area contributed by atoms with Crippen LogP contribution in [0, 0.1) is 11.8 Å². The molecule has 1 saturated heterocycles. The van der Waals surface area contributed by atoms with Crippen LogP contribution in [0.25, 0.3) is 5.76 Å². The summed E-state index contributed by atoms with van der Waals surface area (Å²) in [6, 6.07) is 0.181. The first-order chi connectivity index (χ1) is 24.9. The standard InChI is InChI=1S/C35H47N5O14/c1-34(2,3)37-11-17(41)38-15-10-16(39(4)5)13-8-12-9-14-21(40(6)7)23(43)20(31(36)49)30(48)35(14,52)29(47)18(12)22(42)19(13)27(15)53-33-26(46)24(44)25(45)28(54-33)32(50)51/h10,12,14,21,24-26,28,33,37,42,44-46,48,52H,8-9,11H2,1-7H3,(H2,36,49)(H,38,41)(H,50,51)/t12-,14-,21-,24?,25?,26?,28?,33?,35-/m0/s1. The number of primary amides is 1. The number of nitrogens with two attached hydrogens (primary N) is 1. The van der Waals surface area contributed by atoms with E-state index >= 15 is 0 Å². The van der Waals surface area contributed by atoms with Crippen molar-refractivity contribution in [3.05, 3.63) is 34.1 Å². The van der Waals surface area contributed by atoms with E-state index in [4.69, 9.17) is 15.2 Å². The number of hydrogen-bond donors (Lipinski definition) is 10. The topological polar surface area (TPSA) is 302 Å². The van der Waals surface area contributed by atoms with E-state index in [9.17, 15) is 59.7 Å². The van der Waals surface area contributed by atoms with Crippen LogP contribution in [0.4, 0.5) is 11.4 Å². The molecule has 0 radical (unpaired) electrons. The lowest BCUT2D eigenvalue weighted by Gasteiger charge is -2.50. The van der Waals surface area contributed by atoms with Gasteiger partial charge in [-0.25, -0.2) is 4.79 Å². The Morgan fingerprint density at radius 2 is 1.69 bits per heavy atom. The zero-order valence-electron chi connectivity index (χ0n) is 30.8. The molecule has 19 nitrogen and oxygen atoms in total. The van der Waals surface area contributed by atoms with Gasteiger partial charge in [0, 0.05) is 36.8 Å². The molecule has 19 heteroatoms. The molecule has 11 N–H and O–H groups in total. The normalized spacial score (nSPS) is 31.1. The Bertz CT molecular complexity index is 1850. The van der Waals surface area contributed by atoms with Crippen molar-refractivity contribution in [2.45, 2.75) is 81.5 Å². The highest BCUT2D eigenvalue weighted by atomic mass is 16.7. The molecular formula is C35H47N5O14. The van der Waals surface area contributed by atoms with Crippen molar-refractivity contribution in [2.75, 3.05) is 45.0 Å². The molecule has 1 heterocycles.